The maximum atomic E-state index is 5.22. The highest BCUT2D eigenvalue weighted by atomic mass is 32.1. The molecule has 1 heterocycles. The summed E-state index contributed by atoms with van der Waals surface area (Å²) in [4.78, 5) is 6.43. The van der Waals surface area contributed by atoms with Gasteiger partial charge in [-0.1, -0.05) is 6.92 Å². The minimum absolute atomic E-state index is 0.581. The molecule has 0 aliphatic heterocycles. The molecule has 1 aliphatic rings. The van der Waals surface area contributed by atoms with Crippen LogP contribution in [0.2, 0.25) is 0 Å². The van der Waals surface area contributed by atoms with Gasteiger partial charge in [0.15, 0.2) is 0 Å². The van der Waals surface area contributed by atoms with Crippen LogP contribution < -0.4 is 10.1 Å². The number of hydrogen-bond acceptors (Lipinski definition) is 4. The Kier molecular flexibility index (Phi) is 4.56. The van der Waals surface area contributed by atoms with Gasteiger partial charge in [-0.15, -0.1) is 11.3 Å². The van der Waals surface area contributed by atoms with Gasteiger partial charge in [0, 0.05) is 22.9 Å². The van der Waals surface area contributed by atoms with Crippen molar-refractivity contribution < 1.29 is 4.74 Å². The predicted octanol–water partition coefficient (Wildman–Crippen LogP) is 3.85. The zero-order valence-electron chi connectivity index (χ0n) is 12.7. The number of benzene rings is 1. The highest BCUT2D eigenvalue weighted by Gasteiger charge is 2.24. The van der Waals surface area contributed by atoms with Crippen LogP contribution in [0.4, 0.5) is 0 Å². The van der Waals surface area contributed by atoms with E-state index in [4.69, 9.17) is 9.72 Å². The van der Waals surface area contributed by atoms with Gasteiger partial charge < -0.3 is 10.1 Å². The summed E-state index contributed by atoms with van der Waals surface area (Å²) in [6, 6.07) is 8.21. The molecule has 0 saturated carbocycles. The van der Waals surface area contributed by atoms with Crippen LogP contribution in [0, 0.1) is 0 Å². The predicted molar refractivity (Wildman–Crippen MR) is 88.3 cm³/mol. The molecule has 112 valence electrons. The summed E-state index contributed by atoms with van der Waals surface area (Å²) in [6.45, 7) is 4.24. The molecule has 4 heteroatoms. The summed E-state index contributed by atoms with van der Waals surface area (Å²) in [7, 11) is 1.70. The minimum Gasteiger partial charge on any atom is -0.497 e. The number of fused-ring (bicyclic) bond motifs is 1. The van der Waals surface area contributed by atoms with Gasteiger partial charge in [0.2, 0.25) is 0 Å². The monoisotopic (exact) mass is 302 g/mol. The first kappa shape index (κ1) is 14.5. The Hall–Kier alpha value is -1.39. The Morgan fingerprint density at radius 2 is 2.14 bits per heavy atom. The van der Waals surface area contributed by atoms with Crippen molar-refractivity contribution in [2.45, 2.75) is 32.1 Å². The van der Waals surface area contributed by atoms with E-state index < -0.39 is 0 Å². The second-order valence-electron chi connectivity index (χ2n) is 5.45. The number of aryl methyl sites for hydroxylation is 1. The van der Waals surface area contributed by atoms with E-state index in [1.165, 1.54) is 35.4 Å². The number of hydrogen-bond donors (Lipinski definition) is 1. The maximum absolute atomic E-state index is 5.22. The van der Waals surface area contributed by atoms with Gasteiger partial charge in [-0.25, -0.2) is 4.98 Å². The molecule has 1 aromatic carbocycles. The fourth-order valence-corrected chi connectivity index (χ4v) is 4.08. The molecule has 3 nitrogen and oxygen atoms in total. The first-order chi connectivity index (χ1) is 10.3. The van der Waals surface area contributed by atoms with E-state index in [2.05, 4.69) is 24.4 Å². The van der Waals surface area contributed by atoms with E-state index in [1.54, 1.807) is 7.11 Å². The molecule has 1 N–H and O–H groups in total. The fourth-order valence-electron chi connectivity index (χ4n) is 2.88. The smallest absolute Gasteiger partial charge is 0.123 e. The Morgan fingerprint density at radius 1 is 1.33 bits per heavy atom. The van der Waals surface area contributed by atoms with E-state index in [9.17, 15) is 0 Å². The van der Waals surface area contributed by atoms with Crippen molar-refractivity contribution in [2.75, 3.05) is 20.2 Å². The van der Waals surface area contributed by atoms with E-state index in [1.807, 2.05) is 23.5 Å². The van der Waals surface area contributed by atoms with Gasteiger partial charge in [-0.3, -0.25) is 0 Å². The standard InChI is InChI=1S/C17H22N2OS/c1-3-18-11-13-5-4-6-15-16(13)19-17(21-15)12-7-9-14(20-2)10-8-12/h7-10,13,18H,3-6,11H2,1-2H3. The summed E-state index contributed by atoms with van der Waals surface area (Å²) in [6.07, 6.45) is 3.73. The summed E-state index contributed by atoms with van der Waals surface area (Å²) in [5.41, 5.74) is 2.52. The van der Waals surface area contributed by atoms with Crippen molar-refractivity contribution in [3.63, 3.8) is 0 Å². The summed E-state index contributed by atoms with van der Waals surface area (Å²) in [5, 5.41) is 4.62. The molecule has 2 aromatic rings. The number of likely N-dealkylation sites (N-methyl/N-ethyl adjacent to an activating group) is 1. The van der Waals surface area contributed by atoms with E-state index >= 15 is 0 Å². The lowest BCUT2D eigenvalue weighted by Gasteiger charge is -2.21. The summed E-state index contributed by atoms with van der Waals surface area (Å²) in [5.74, 6) is 1.47. The normalized spacial score (nSPS) is 17.5. The third kappa shape index (κ3) is 3.11. The largest absolute Gasteiger partial charge is 0.497 e. The second kappa shape index (κ2) is 6.58. The quantitative estimate of drug-likeness (QED) is 0.911. The van der Waals surface area contributed by atoms with Crippen LogP contribution in [0.15, 0.2) is 24.3 Å². The Bertz CT molecular complexity index is 591. The summed E-state index contributed by atoms with van der Waals surface area (Å²) < 4.78 is 5.22. The fraction of sp³-hybridized carbons (Fsp3) is 0.471. The van der Waals surface area contributed by atoms with Crippen molar-refractivity contribution in [2.24, 2.45) is 0 Å². The van der Waals surface area contributed by atoms with E-state index in [0.717, 1.165) is 23.8 Å². The number of methoxy groups -OCH3 is 1. The average molecular weight is 302 g/mol. The molecule has 0 radical (unpaired) electrons. The number of nitrogens with zero attached hydrogens (tertiary/aromatic N) is 1. The molecule has 1 aliphatic carbocycles. The zero-order chi connectivity index (χ0) is 14.7. The number of aromatic nitrogens is 1. The number of rotatable bonds is 5. The van der Waals surface area contributed by atoms with Gasteiger partial charge in [0.1, 0.15) is 10.8 Å². The van der Waals surface area contributed by atoms with Gasteiger partial charge in [-0.05, 0) is 50.1 Å². The lowest BCUT2D eigenvalue weighted by Crippen LogP contribution is -2.23. The number of ether oxygens (including phenoxy) is 1. The molecule has 0 bridgehead atoms. The van der Waals surface area contributed by atoms with Crippen molar-refractivity contribution in [1.29, 1.82) is 0 Å². The molecule has 21 heavy (non-hydrogen) atoms. The maximum Gasteiger partial charge on any atom is 0.123 e. The van der Waals surface area contributed by atoms with E-state index in [0.29, 0.717) is 5.92 Å². The molecule has 0 amide bonds. The van der Waals surface area contributed by atoms with Crippen molar-refractivity contribution in [3.8, 4) is 16.3 Å². The van der Waals surface area contributed by atoms with Crippen LogP contribution in [0.5, 0.6) is 5.75 Å². The SMILES string of the molecule is CCNCC1CCCc2sc(-c3ccc(OC)cc3)nc21. The van der Waals surface area contributed by atoms with Crippen LogP contribution in [-0.4, -0.2) is 25.2 Å². The molecule has 3 rings (SSSR count). The lowest BCUT2D eigenvalue weighted by molar-refractivity contribution is 0.415. The minimum atomic E-state index is 0.581. The lowest BCUT2D eigenvalue weighted by atomic mass is 9.91. The van der Waals surface area contributed by atoms with E-state index in [-0.39, 0.29) is 0 Å². The second-order valence-corrected chi connectivity index (χ2v) is 6.54. The Labute approximate surface area is 130 Å². The van der Waals surface area contributed by atoms with Crippen LogP contribution in [0.25, 0.3) is 10.6 Å². The zero-order valence-corrected chi connectivity index (χ0v) is 13.5. The molecule has 0 saturated heterocycles. The van der Waals surface area contributed by atoms with Crippen molar-refractivity contribution in [3.05, 3.63) is 34.8 Å². The van der Waals surface area contributed by atoms with Gasteiger partial charge in [0.05, 0.1) is 12.8 Å². The van der Waals surface area contributed by atoms with Crippen LogP contribution in [0.3, 0.4) is 0 Å². The number of nitrogens with one attached hydrogen (secondary N) is 1. The van der Waals surface area contributed by atoms with Crippen LogP contribution in [-0.2, 0) is 6.42 Å². The van der Waals surface area contributed by atoms with Crippen molar-refractivity contribution >= 4 is 11.3 Å². The third-order valence-electron chi connectivity index (χ3n) is 4.05. The molecule has 0 fully saturated rings. The highest BCUT2D eigenvalue weighted by Crippen LogP contribution is 2.38. The first-order valence-corrected chi connectivity index (χ1v) is 8.48. The van der Waals surface area contributed by atoms with Crippen LogP contribution >= 0.6 is 11.3 Å². The molecule has 1 unspecified atom stereocenters. The van der Waals surface area contributed by atoms with Gasteiger partial charge in [-0.2, -0.15) is 0 Å². The van der Waals surface area contributed by atoms with Crippen LogP contribution in [0.1, 0.15) is 36.3 Å². The Balaban J connectivity index is 1.86. The molecular weight excluding hydrogens is 280 g/mol. The first-order valence-electron chi connectivity index (χ1n) is 7.66. The molecule has 1 atom stereocenters. The molecular formula is C17H22N2OS. The van der Waals surface area contributed by atoms with Gasteiger partial charge >= 0.3 is 0 Å². The van der Waals surface area contributed by atoms with Gasteiger partial charge in [0.25, 0.3) is 0 Å². The topological polar surface area (TPSA) is 34.1 Å². The Morgan fingerprint density at radius 3 is 2.86 bits per heavy atom. The highest BCUT2D eigenvalue weighted by molar-refractivity contribution is 7.15. The van der Waals surface area contributed by atoms with Crippen molar-refractivity contribution in [1.82, 2.24) is 10.3 Å². The molecule has 0 spiro atoms. The number of thiazole rings is 1. The summed E-state index contributed by atoms with van der Waals surface area (Å²) >= 11 is 1.86. The third-order valence-corrected chi connectivity index (χ3v) is 5.23. The molecule has 1 aromatic heterocycles. The average Bonchev–Trinajstić information content (AvgIpc) is 2.97.